The third kappa shape index (κ3) is 3.39. The number of rotatable bonds is 6. The van der Waals surface area contributed by atoms with Crippen molar-refractivity contribution in [1.29, 1.82) is 0 Å². The van der Waals surface area contributed by atoms with Crippen LogP contribution in [0.2, 0.25) is 6.55 Å². The monoisotopic (exact) mass is 246 g/mol. The van der Waals surface area contributed by atoms with Crippen LogP contribution in [0.15, 0.2) is 42.5 Å². The lowest BCUT2D eigenvalue weighted by Crippen LogP contribution is -2.05. The lowest BCUT2D eigenvalue weighted by molar-refractivity contribution is 0.0911. The molecule has 2 aromatic carbocycles. The highest BCUT2D eigenvalue weighted by Crippen LogP contribution is 2.18. The van der Waals surface area contributed by atoms with Crippen LogP contribution in [0.1, 0.15) is 5.56 Å². The van der Waals surface area contributed by atoms with Gasteiger partial charge in [-0.2, -0.15) is 0 Å². The molecule has 0 aliphatic rings. The molecule has 0 aromatic heterocycles. The highest BCUT2D eigenvalue weighted by Gasteiger charge is 1.99. The van der Waals surface area contributed by atoms with Gasteiger partial charge >= 0.3 is 0 Å². The van der Waals surface area contributed by atoms with Gasteiger partial charge in [0.25, 0.3) is 0 Å². The molecular weight excluding hydrogens is 228 g/mol. The third-order valence-electron chi connectivity index (χ3n) is 2.71. The van der Waals surface area contributed by atoms with Crippen LogP contribution >= 0.6 is 0 Å². The van der Waals surface area contributed by atoms with Crippen molar-refractivity contribution in [2.24, 2.45) is 0 Å². The van der Waals surface area contributed by atoms with E-state index in [1.807, 2.05) is 0 Å². The van der Waals surface area contributed by atoms with Crippen molar-refractivity contribution >= 4 is 20.5 Å². The van der Waals surface area contributed by atoms with Crippen molar-refractivity contribution in [3.05, 3.63) is 48.0 Å². The fourth-order valence-corrected chi connectivity index (χ4v) is 2.27. The molecule has 17 heavy (non-hydrogen) atoms. The van der Waals surface area contributed by atoms with Crippen LogP contribution in [0, 0.1) is 0 Å². The largest absolute Gasteiger partial charge is 0.422 e. The first-order valence-electron chi connectivity index (χ1n) is 6.04. The summed E-state index contributed by atoms with van der Waals surface area (Å²) in [4.78, 5) is 0. The van der Waals surface area contributed by atoms with Gasteiger partial charge in [0.15, 0.2) is 9.76 Å². The van der Waals surface area contributed by atoms with Gasteiger partial charge in [-0.1, -0.05) is 49.0 Å². The van der Waals surface area contributed by atoms with E-state index in [4.69, 9.17) is 9.16 Å². The molecule has 90 valence electrons. The Bertz CT molecular complexity index is 465. The van der Waals surface area contributed by atoms with Gasteiger partial charge in [0, 0.05) is 0 Å². The molecule has 2 aromatic rings. The number of ether oxygens (including phenoxy) is 1. The normalized spacial score (nSPS) is 11.6. The molecule has 3 heteroatoms. The number of benzene rings is 2. The molecule has 0 saturated carbocycles. The second-order valence-electron chi connectivity index (χ2n) is 3.89. The number of hydrogen-bond acceptors (Lipinski definition) is 2. The van der Waals surface area contributed by atoms with E-state index >= 15 is 0 Å². The summed E-state index contributed by atoms with van der Waals surface area (Å²) in [6, 6.07) is 14.7. The Morgan fingerprint density at radius 3 is 2.71 bits per heavy atom. The zero-order chi connectivity index (χ0) is 11.9. The molecule has 0 saturated heterocycles. The molecule has 0 N–H and O–H groups in total. The lowest BCUT2D eigenvalue weighted by atomic mass is 10.1. The summed E-state index contributed by atoms with van der Waals surface area (Å²) in [5.41, 5.74) is 1.25. The molecule has 0 atom stereocenters. The Morgan fingerprint density at radius 1 is 1.00 bits per heavy atom. The van der Waals surface area contributed by atoms with E-state index < -0.39 is 0 Å². The van der Waals surface area contributed by atoms with E-state index in [1.54, 1.807) is 0 Å². The lowest BCUT2D eigenvalue weighted by Gasteiger charge is -2.07. The summed E-state index contributed by atoms with van der Waals surface area (Å²) >= 11 is 0. The smallest absolute Gasteiger partial charge is 0.158 e. The molecule has 2 nitrogen and oxygen atoms in total. The third-order valence-corrected chi connectivity index (χ3v) is 3.41. The van der Waals surface area contributed by atoms with Gasteiger partial charge in [-0.3, -0.25) is 0 Å². The number of fused-ring (bicyclic) bond motifs is 1. The molecule has 0 unspecified atom stereocenters. The van der Waals surface area contributed by atoms with Crippen LogP contribution in [0.4, 0.5) is 0 Å². The Hall–Kier alpha value is -1.16. The van der Waals surface area contributed by atoms with Crippen LogP contribution < -0.4 is 0 Å². The Balaban J connectivity index is 1.98. The Kier molecular flexibility index (Phi) is 4.73. The predicted octanol–water partition coefficient (Wildman–Crippen LogP) is 2.50. The van der Waals surface area contributed by atoms with Gasteiger partial charge in [0.2, 0.25) is 0 Å². The topological polar surface area (TPSA) is 18.5 Å². The first-order valence-corrected chi connectivity index (χ1v) is 8.03. The first-order chi connectivity index (χ1) is 8.42. The maximum Gasteiger partial charge on any atom is 0.158 e. The molecule has 0 fully saturated rings. The summed E-state index contributed by atoms with van der Waals surface area (Å²) in [6.45, 7) is 4.21. The molecule has 0 aliphatic heterocycles. The predicted molar refractivity (Wildman–Crippen MR) is 74.0 cm³/mol. The van der Waals surface area contributed by atoms with Crippen molar-refractivity contribution in [3.63, 3.8) is 0 Å². The fourth-order valence-electron chi connectivity index (χ4n) is 1.86. The van der Waals surface area contributed by atoms with E-state index in [0.717, 1.165) is 6.61 Å². The van der Waals surface area contributed by atoms with Crippen molar-refractivity contribution in [1.82, 2.24) is 0 Å². The van der Waals surface area contributed by atoms with Crippen LogP contribution in [0.3, 0.4) is 0 Å². The molecule has 0 amide bonds. The van der Waals surface area contributed by atoms with E-state index in [9.17, 15) is 0 Å². The zero-order valence-corrected chi connectivity index (χ0v) is 11.6. The summed E-state index contributed by atoms with van der Waals surface area (Å²) < 4.78 is 11.0. The van der Waals surface area contributed by atoms with Gasteiger partial charge in [0.1, 0.15) is 0 Å². The van der Waals surface area contributed by atoms with Crippen molar-refractivity contribution in [2.75, 3.05) is 13.2 Å². The molecule has 0 radical (unpaired) electrons. The van der Waals surface area contributed by atoms with E-state index in [1.165, 1.54) is 16.3 Å². The minimum absolute atomic E-state index is 0.290. The molecule has 0 spiro atoms. The summed E-state index contributed by atoms with van der Waals surface area (Å²) in [6.07, 6.45) is 0. The van der Waals surface area contributed by atoms with Crippen molar-refractivity contribution in [3.8, 4) is 0 Å². The first kappa shape index (κ1) is 12.3. The van der Waals surface area contributed by atoms with Gasteiger partial charge < -0.3 is 9.16 Å². The molecule has 0 aliphatic carbocycles. The highest BCUT2D eigenvalue weighted by molar-refractivity contribution is 6.24. The summed E-state index contributed by atoms with van der Waals surface area (Å²) in [5.74, 6) is 0. The maximum absolute atomic E-state index is 5.63. The van der Waals surface area contributed by atoms with Gasteiger partial charge in [-0.15, -0.1) is 0 Å². The molecule has 2 rings (SSSR count). The minimum Gasteiger partial charge on any atom is -0.422 e. The molecule has 0 bridgehead atoms. The van der Waals surface area contributed by atoms with Crippen molar-refractivity contribution < 1.29 is 9.16 Å². The van der Waals surface area contributed by atoms with Gasteiger partial charge in [0.05, 0.1) is 19.8 Å². The van der Waals surface area contributed by atoms with E-state index in [0.29, 0.717) is 13.2 Å². The van der Waals surface area contributed by atoms with Crippen molar-refractivity contribution in [2.45, 2.75) is 13.2 Å². The highest BCUT2D eigenvalue weighted by atomic mass is 28.2. The van der Waals surface area contributed by atoms with Gasteiger partial charge in [-0.05, 0) is 16.3 Å². The maximum atomic E-state index is 5.63. The van der Waals surface area contributed by atoms with E-state index in [2.05, 4.69) is 49.0 Å². The van der Waals surface area contributed by atoms with Crippen LogP contribution in [-0.4, -0.2) is 23.0 Å². The number of hydrogen-bond donors (Lipinski definition) is 0. The van der Waals surface area contributed by atoms with Crippen LogP contribution in [-0.2, 0) is 15.8 Å². The average Bonchev–Trinajstić information content (AvgIpc) is 2.39. The SMILES string of the molecule is C[SiH2]OCCOCc1cccc2ccccc12. The Morgan fingerprint density at radius 2 is 1.82 bits per heavy atom. The second kappa shape index (κ2) is 6.54. The second-order valence-corrected chi connectivity index (χ2v) is 4.87. The zero-order valence-electron chi connectivity index (χ0n) is 10.2. The Labute approximate surface area is 104 Å². The summed E-state index contributed by atoms with van der Waals surface area (Å²) in [5, 5.41) is 2.55. The minimum atomic E-state index is -0.290. The fraction of sp³-hybridized carbons (Fsp3) is 0.286. The van der Waals surface area contributed by atoms with E-state index in [-0.39, 0.29) is 9.76 Å². The molecular formula is C14H18O2Si. The van der Waals surface area contributed by atoms with Crippen LogP contribution in [0.5, 0.6) is 0 Å². The summed E-state index contributed by atoms with van der Waals surface area (Å²) in [7, 11) is -0.290. The van der Waals surface area contributed by atoms with Crippen LogP contribution in [0.25, 0.3) is 10.8 Å². The standard InChI is InChI=1S/C14H18O2Si/c1-17-16-10-9-15-11-13-7-4-6-12-5-2-3-8-14(12)13/h2-8H,9-11,17H2,1H3. The van der Waals surface area contributed by atoms with Gasteiger partial charge in [-0.25, -0.2) is 0 Å². The average molecular weight is 246 g/mol. The molecule has 0 heterocycles. The quantitative estimate of drug-likeness (QED) is 0.576.